The van der Waals surface area contributed by atoms with Crippen LogP contribution in [0.1, 0.15) is 25.1 Å². The molecule has 2 heterocycles. The Morgan fingerprint density at radius 3 is 2.48 bits per heavy atom. The number of nitrogens with two attached hydrogens (primary N) is 1. The highest BCUT2D eigenvalue weighted by atomic mass is 35.5. The van der Waals surface area contributed by atoms with E-state index in [1.54, 1.807) is 6.20 Å². The van der Waals surface area contributed by atoms with Gasteiger partial charge in [-0.3, -0.25) is 20.0 Å². The van der Waals surface area contributed by atoms with Crippen LogP contribution in [0.15, 0.2) is 60.8 Å². The first kappa shape index (κ1) is 21.2. The molecule has 4 rings (SSSR count). The second kappa shape index (κ2) is 9.00. The van der Waals surface area contributed by atoms with Crippen LogP contribution in [0.5, 0.6) is 0 Å². The third-order valence-electron chi connectivity index (χ3n) is 5.78. The van der Waals surface area contributed by atoms with E-state index in [0.29, 0.717) is 5.02 Å². The highest BCUT2D eigenvalue weighted by molar-refractivity contribution is 6.31. The molecule has 5 nitrogen and oxygen atoms in total. The molecule has 0 aliphatic heterocycles. The fourth-order valence-corrected chi connectivity index (χ4v) is 4.02. The number of halogens is 1. The summed E-state index contributed by atoms with van der Waals surface area (Å²) in [5.74, 6) is 0. The van der Waals surface area contributed by atoms with Crippen molar-refractivity contribution in [3.05, 3.63) is 77.1 Å². The average molecular weight is 434 g/mol. The largest absolute Gasteiger partial charge is 0.399 e. The van der Waals surface area contributed by atoms with Crippen LogP contribution in [0.25, 0.3) is 22.2 Å². The molecule has 0 radical (unpaired) electrons. The van der Waals surface area contributed by atoms with E-state index in [1.807, 2.05) is 36.4 Å². The second-order valence-electron chi connectivity index (χ2n) is 7.69. The van der Waals surface area contributed by atoms with Gasteiger partial charge in [0.05, 0.1) is 16.9 Å². The van der Waals surface area contributed by atoms with Gasteiger partial charge in [-0.25, -0.2) is 0 Å². The molecule has 0 saturated heterocycles. The van der Waals surface area contributed by atoms with Gasteiger partial charge < -0.3 is 5.73 Å². The zero-order chi connectivity index (χ0) is 22.0. The van der Waals surface area contributed by atoms with Crippen LogP contribution in [0.4, 0.5) is 11.4 Å². The van der Waals surface area contributed by atoms with Crippen molar-refractivity contribution in [2.75, 3.05) is 24.2 Å². The minimum atomic E-state index is 0.679. The summed E-state index contributed by atoms with van der Waals surface area (Å²) in [5.41, 5.74) is 16.8. The van der Waals surface area contributed by atoms with E-state index in [0.717, 1.165) is 53.2 Å². The van der Waals surface area contributed by atoms with E-state index in [1.165, 1.54) is 11.3 Å². The Morgan fingerprint density at radius 2 is 1.77 bits per heavy atom. The van der Waals surface area contributed by atoms with Gasteiger partial charge in [0.1, 0.15) is 0 Å². The number of nitrogen functional groups attached to an aromatic ring is 1. The maximum Gasteiger partial charge on any atom is 0.0738 e. The number of hydrogen-bond acceptors (Lipinski definition) is 4. The van der Waals surface area contributed by atoms with Crippen molar-refractivity contribution in [2.45, 2.75) is 27.3 Å². The minimum Gasteiger partial charge on any atom is -0.399 e. The van der Waals surface area contributed by atoms with Gasteiger partial charge in [-0.05, 0) is 68.0 Å². The van der Waals surface area contributed by atoms with Crippen LogP contribution in [0.2, 0.25) is 5.02 Å². The molecule has 4 aromatic rings. The van der Waals surface area contributed by atoms with Gasteiger partial charge in [0.15, 0.2) is 0 Å². The van der Waals surface area contributed by atoms with Crippen LogP contribution in [0, 0.1) is 6.92 Å². The Kier molecular flexibility index (Phi) is 6.16. The lowest BCUT2D eigenvalue weighted by Gasteiger charge is -2.19. The molecule has 0 atom stereocenters. The zero-order valence-electron chi connectivity index (χ0n) is 18.2. The van der Waals surface area contributed by atoms with E-state index in [2.05, 4.69) is 59.0 Å². The lowest BCUT2D eigenvalue weighted by molar-refractivity contribution is 0.295. The fraction of sp³-hybridized carbons (Fsp3) is 0.240. The third-order valence-corrected chi connectivity index (χ3v) is 6.02. The summed E-state index contributed by atoms with van der Waals surface area (Å²) in [4.78, 5) is 6.89. The number of nitrogens with one attached hydrogen (secondary N) is 1. The quantitative estimate of drug-likeness (QED) is 0.353. The molecule has 31 heavy (non-hydrogen) atoms. The van der Waals surface area contributed by atoms with Gasteiger partial charge in [0.25, 0.3) is 0 Å². The Balaban J connectivity index is 1.82. The van der Waals surface area contributed by atoms with Crippen LogP contribution in [0.3, 0.4) is 0 Å². The number of anilines is 2. The monoisotopic (exact) mass is 433 g/mol. The molecule has 0 spiro atoms. The van der Waals surface area contributed by atoms with Crippen LogP contribution < -0.4 is 11.2 Å². The van der Waals surface area contributed by atoms with Crippen LogP contribution in [-0.2, 0) is 6.54 Å². The van der Waals surface area contributed by atoms with Gasteiger partial charge in [-0.15, -0.1) is 0 Å². The zero-order valence-corrected chi connectivity index (χ0v) is 18.9. The molecule has 0 aliphatic rings. The van der Waals surface area contributed by atoms with Crippen molar-refractivity contribution in [3.8, 4) is 11.3 Å². The summed E-state index contributed by atoms with van der Waals surface area (Å²) in [6, 6.07) is 18.1. The normalized spacial score (nSPS) is 11.4. The molecule has 160 valence electrons. The molecular weight excluding hydrogens is 406 g/mol. The Labute approximate surface area is 188 Å². The summed E-state index contributed by atoms with van der Waals surface area (Å²) in [6.07, 6.45) is 1.81. The molecule has 0 bridgehead atoms. The molecule has 0 saturated carbocycles. The first-order chi connectivity index (χ1) is 15.0. The van der Waals surface area contributed by atoms with Crippen molar-refractivity contribution < 1.29 is 0 Å². The molecule has 0 fully saturated rings. The standard InChI is InChI=1S/C25H28ClN5/c1-4-30(5-2)16-19-14-25(18-6-9-21(27)10-7-18)31(17(19)3)29-23-12-13-28-24-15-20(26)8-11-22(23)24/h6-15H,4-5,16,27H2,1-3H3,(H,28,29). The van der Waals surface area contributed by atoms with E-state index >= 15 is 0 Å². The molecular formula is C25H28ClN5. The number of fused-ring (bicyclic) bond motifs is 1. The highest BCUT2D eigenvalue weighted by Gasteiger charge is 2.16. The van der Waals surface area contributed by atoms with Crippen molar-refractivity contribution in [1.82, 2.24) is 14.6 Å². The molecule has 0 amide bonds. The number of benzene rings is 2. The molecule has 2 aromatic carbocycles. The van der Waals surface area contributed by atoms with Gasteiger partial charge >= 0.3 is 0 Å². The maximum atomic E-state index is 6.17. The molecule has 3 N–H and O–H groups in total. The summed E-state index contributed by atoms with van der Waals surface area (Å²) < 4.78 is 2.16. The van der Waals surface area contributed by atoms with E-state index in [9.17, 15) is 0 Å². The minimum absolute atomic E-state index is 0.679. The Hall–Kier alpha value is -3.02. The number of pyridine rings is 1. The molecule has 0 unspecified atom stereocenters. The first-order valence-corrected chi connectivity index (χ1v) is 11.0. The highest BCUT2D eigenvalue weighted by Crippen LogP contribution is 2.30. The van der Waals surface area contributed by atoms with E-state index in [4.69, 9.17) is 17.3 Å². The molecule has 6 heteroatoms. The number of aromatic nitrogens is 2. The number of rotatable bonds is 7. The van der Waals surface area contributed by atoms with Crippen molar-refractivity contribution in [3.63, 3.8) is 0 Å². The fourth-order valence-electron chi connectivity index (χ4n) is 3.86. The van der Waals surface area contributed by atoms with E-state index < -0.39 is 0 Å². The average Bonchev–Trinajstić information content (AvgIpc) is 3.07. The summed E-state index contributed by atoms with van der Waals surface area (Å²) in [5, 5.41) is 1.70. The van der Waals surface area contributed by atoms with Gasteiger partial charge in [-0.1, -0.05) is 37.6 Å². The van der Waals surface area contributed by atoms with Crippen LogP contribution in [-0.4, -0.2) is 27.6 Å². The Morgan fingerprint density at radius 1 is 1.03 bits per heavy atom. The number of hydrogen-bond donors (Lipinski definition) is 2. The van der Waals surface area contributed by atoms with Crippen molar-refractivity contribution in [1.29, 1.82) is 0 Å². The maximum absolute atomic E-state index is 6.17. The summed E-state index contributed by atoms with van der Waals surface area (Å²) in [7, 11) is 0. The van der Waals surface area contributed by atoms with Gasteiger partial charge in [-0.2, -0.15) is 0 Å². The van der Waals surface area contributed by atoms with Gasteiger partial charge in [0.2, 0.25) is 0 Å². The topological polar surface area (TPSA) is 59.1 Å². The predicted octanol–water partition coefficient (Wildman–Crippen LogP) is 5.96. The predicted molar refractivity (Wildman–Crippen MR) is 131 cm³/mol. The number of nitrogens with zero attached hydrogens (tertiary/aromatic N) is 3. The third kappa shape index (κ3) is 4.38. The Bertz CT molecular complexity index is 1190. The van der Waals surface area contributed by atoms with Crippen molar-refractivity contribution in [2.24, 2.45) is 0 Å². The van der Waals surface area contributed by atoms with Crippen LogP contribution >= 0.6 is 11.6 Å². The van der Waals surface area contributed by atoms with E-state index in [-0.39, 0.29) is 0 Å². The SMILES string of the molecule is CCN(CC)Cc1cc(-c2ccc(N)cc2)n(Nc2ccnc3cc(Cl)ccc23)c1C. The lowest BCUT2D eigenvalue weighted by Crippen LogP contribution is -2.22. The molecule has 0 aliphatic carbocycles. The lowest BCUT2D eigenvalue weighted by atomic mass is 10.1. The van der Waals surface area contributed by atoms with Crippen molar-refractivity contribution >= 4 is 33.9 Å². The molecule has 2 aromatic heterocycles. The smallest absolute Gasteiger partial charge is 0.0738 e. The first-order valence-electron chi connectivity index (χ1n) is 10.6. The van der Waals surface area contributed by atoms with Gasteiger partial charge in [0, 0.05) is 40.1 Å². The second-order valence-corrected chi connectivity index (χ2v) is 8.13. The summed E-state index contributed by atoms with van der Waals surface area (Å²) >= 11 is 6.17. The summed E-state index contributed by atoms with van der Waals surface area (Å²) in [6.45, 7) is 9.49.